The van der Waals surface area contributed by atoms with Crippen LogP contribution < -0.4 is 0 Å². The van der Waals surface area contributed by atoms with Gasteiger partial charge in [0.25, 0.3) is 0 Å². The third kappa shape index (κ3) is 4.80. The zero-order chi connectivity index (χ0) is 15.1. The van der Waals surface area contributed by atoms with Crippen LogP contribution in [0.15, 0.2) is 12.1 Å². The number of hydrogen-bond acceptors (Lipinski definition) is 3. The molecular formula is C17H24O3. The second kappa shape index (κ2) is 7.83. The van der Waals surface area contributed by atoms with Gasteiger partial charge in [-0.1, -0.05) is 31.0 Å². The third-order valence-electron chi connectivity index (χ3n) is 3.27. The number of rotatable bonds is 7. The first-order valence-corrected chi connectivity index (χ1v) is 7.22. The lowest BCUT2D eigenvalue weighted by Crippen LogP contribution is -2.11. The molecule has 110 valence electrons. The van der Waals surface area contributed by atoms with Crippen molar-refractivity contribution in [2.75, 3.05) is 6.61 Å². The Kier molecular flexibility index (Phi) is 6.43. The van der Waals surface area contributed by atoms with Gasteiger partial charge in [0.15, 0.2) is 5.78 Å². The summed E-state index contributed by atoms with van der Waals surface area (Å²) in [7, 11) is 0. The number of ketones is 1. The number of aryl methyl sites for hydroxylation is 3. The summed E-state index contributed by atoms with van der Waals surface area (Å²) in [6.07, 6.45) is 2.24. The summed E-state index contributed by atoms with van der Waals surface area (Å²) in [6.45, 7) is 8.38. The summed E-state index contributed by atoms with van der Waals surface area (Å²) in [6, 6.07) is 4.00. The molecule has 0 N–H and O–H groups in total. The second-order valence-corrected chi connectivity index (χ2v) is 5.27. The van der Waals surface area contributed by atoms with E-state index in [-0.39, 0.29) is 24.6 Å². The standard InChI is InChI=1S/C17H24O3/c1-5-6-9-20-16(19)8-7-15(18)17-13(3)10-12(2)11-14(17)4/h10-11H,5-9H2,1-4H3. The van der Waals surface area contributed by atoms with E-state index in [2.05, 4.69) is 0 Å². The van der Waals surface area contributed by atoms with Crippen molar-refractivity contribution in [2.45, 2.75) is 53.4 Å². The fourth-order valence-corrected chi connectivity index (χ4v) is 2.36. The molecule has 0 amide bonds. The van der Waals surface area contributed by atoms with Crippen LogP contribution in [0, 0.1) is 20.8 Å². The Morgan fingerprint density at radius 1 is 1.05 bits per heavy atom. The predicted octanol–water partition coefficient (Wildman–Crippen LogP) is 3.92. The molecule has 0 saturated heterocycles. The average Bonchev–Trinajstić information content (AvgIpc) is 2.35. The predicted molar refractivity (Wildman–Crippen MR) is 80.1 cm³/mol. The van der Waals surface area contributed by atoms with Crippen molar-refractivity contribution in [1.29, 1.82) is 0 Å². The molecule has 0 aromatic heterocycles. The fraction of sp³-hybridized carbons (Fsp3) is 0.529. The van der Waals surface area contributed by atoms with Gasteiger partial charge >= 0.3 is 5.97 Å². The number of carbonyl (C=O) groups is 2. The molecule has 0 radical (unpaired) electrons. The summed E-state index contributed by atoms with van der Waals surface area (Å²) < 4.78 is 5.06. The SMILES string of the molecule is CCCCOC(=O)CCC(=O)c1c(C)cc(C)cc1C. The molecule has 3 heteroatoms. The molecule has 0 heterocycles. The second-order valence-electron chi connectivity index (χ2n) is 5.27. The lowest BCUT2D eigenvalue weighted by molar-refractivity contribution is -0.143. The van der Waals surface area contributed by atoms with Gasteiger partial charge in [0.2, 0.25) is 0 Å². The number of hydrogen-bond donors (Lipinski definition) is 0. The van der Waals surface area contributed by atoms with Gasteiger partial charge in [-0.3, -0.25) is 9.59 Å². The minimum absolute atomic E-state index is 0.0208. The van der Waals surface area contributed by atoms with Crippen molar-refractivity contribution in [3.8, 4) is 0 Å². The van der Waals surface area contributed by atoms with Crippen molar-refractivity contribution in [3.63, 3.8) is 0 Å². The first-order chi connectivity index (χ1) is 9.45. The van der Waals surface area contributed by atoms with Gasteiger partial charge in [-0.2, -0.15) is 0 Å². The largest absolute Gasteiger partial charge is 0.466 e. The van der Waals surface area contributed by atoms with Crippen molar-refractivity contribution in [2.24, 2.45) is 0 Å². The maximum atomic E-state index is 12.2. The van der Waals surface area contributed by atoms with Gasteiger partial charge in [0.1, 0.15) is 0 Å². The number of unbranched alkanes of at least 4 members (excludes halogenated alkanes) is 1. The van der Waals surface area contributed by atoms with E-state index in [1.807, 2.05) is 39.8 Å². The van der Waals surface area contributed by atoms with E-state index >= 15 is 0 Å². The van der Waals surface area contributed by atoms with Crippen molar-refractivity contribution in [3.05, 3.63) is 34.4 Å². The number of esters is 1. The van der Waals surface area contributed by atoms with E-state index in [9.17, 15) is 9.59 Å². The molecule has 3 nitrogen and oxygen atoms in total. The van der Waals surface area contributed by atoms with Gasteiger partial charge in [0.05, 0.1) is 13.0 Å². The molecule has 0 unspecified atom stereocenters. The fourth-order valence-electron chi connectivity index (χ4n) is 2.36. The zero-order valence-electron chi connectivity index (χ0n) is 12.9. The summed E-state index contributed by atoms with van der Waals surface area (Å²) in [4.78, 5) is 23.7. The first-order valence-electron chi connectivity index (χ1n) is 7.22. The maximum Gasteiger partial charge on any atom is 0.306 e. The number of ether oxygens (including phenoxy) is 1. The van der Waals surface area contributed by atoms with Gasteiger partial charge in [0, 0.05) is 12.0 Å². The normalized spacial score (nSPS) is 10.4. The van der Waals surface area contributed by atoms with Crippen molar-refractivity contribution in [1.82, 2.24) is 0 Å². The average molecular weight is 276 g/mol. The highest BCUT2D eigenvalue weighted by molar-refractivity contribution is 6.00. The Labute approximate surface area is 121 Å². The van der Waals surface area contributed by atoms with Crippen molar-refractivity contribution < 1.29 is 14.3 Å². The highest BCUT2D eigenvalue weighted by atomic mass is 16.5. The third-order valence-corrected chi connectivity index (χ3v) is 3.27. The minimum Gasteiger partial charge on any atom is -0.466 e. The Hall–Kier alpha value is -1.64. The Bertz CT molecular complexity index is 466. The Morgan fingerprint density at radius 2 is 1.65 bits per heavy atom. The molecule has 0 spiro atoms. The molecule has 0 fully saturated rings. The molecule has 1 rings (SSSR count). The van der Waals surface area contributed by atoms with Crippen LogP contribution in [0.2, 0.25) is 0 Å². The molecule has 1 aromatic carbocycles. The quantitative estimate of drug-likeness (QED) is 0.431. The molecular weight excluding hydrogens is 252 g/mol. The van der Waals surface area contributed by atoms with E-state index < -0.39 is 0 Å². The smallest absolute Gasteiger partial charge is 0.306 e. The maximum absolute atomic E-state index is 12.2. The minimum atomic E-state index is -0.283. The van der Waals surface area contributed by atoms with Crippen LogP contribution in [0.25, 0.3) is 0 Å². The Morgan fingerprint density at radius 3 is 2.20 bits per heavy atom. The van der Waals surface area contributed by atoms with Crippen molar-refractivity contribution >= 4 is 11.8 Å². The van der Waals surface area contributed by atoms with Gasteiger partial charge in [-0.05, 0) is 38.3 Å². The Balaban J connectivity index is 2.57. The zero-order valence-corrected chi connectivity index (χ0v) is 12.9. The van der Waals surface area contributed by atoms with Crippen LogP contribution in [-0.2, 0) is 9.53 Å². The van der Waals surface area contributed by atoms with E-state index in [4.69, 9.17) is 4.74 Å². The lowest BCUT2D eigenvalue weighted by Gasteiger charge is -2.10. The van der Waals surface area contributed by atoms with E-state index in [1.54, 1.807) is 0 Å². The summed E-state index contributed by atoms with van der Waals surface area (Å²) in [5, 5.41) is 0. The lowest BCUT2D eigenvalue weighted by atomic mass is 9.94. The summed E-state index contributed by atoms with van der Waals surface area (Å²) >= 11 is 0. The summed E-state index contributed by atoms with van der Waals surface area (Å²) in [5.74, 6) is -0.262. The molecule has 0 bridgehead atoms. The number of Topliss-reactive ketones (excluding diaryl/α,β-unsaturated/α-hetero) is 1. The van der Waals surface area contributed by atoms with Crippen LogP contribution in [0.3, 0.4) is 0 Å². The molecule has 20 heavy (non-hydrogen) atoms. The molecule has 0 aliphatic heterocycles. The van der Waals surface area contributed by atoms with Crippen LogP contribution in [-0.4, -0.2) is 18.4 Å². The van der Waals surface area contributed by atoms with Crippen LogP contribution >= 0.6 is 0 Å². The monoisotopic (exact) mass is 276 g/mol. The van der Waals surface area contributed by atoms with Crippen LogP contribution in [0.4, 0.5) is 0 Å². The topological polar surface area (TPSA) is 43.4 Å². The van der Waals surface area contributed by atoms with E-state index in [1.165, 1.54) is 0 Å². The van der Waals surface area contributed by atoms with Gasteiger partial charge < -0.3 is 4.74 Å². The van der Waals surface area contributed by atoms with E-state index in [0.29, 0.717) is 6.61 Å². The highest BCUT2D eigenvalue weighted by Crippen LogP contribution is 2.18. The highest BCUT2D eigenvalue weighted by Gasteiger charge is 2.14. The number of benzene rings is 1. The van der Waals surface area contributed by atoms with Crippen LogP contribution in [0.5, 0.6) is 0 Å². The summed E-state index contributed by atoms with van der Waals surface area (Å²) in [5.41, 5.74) is 3.85. The first kappa shape index (κ1) is 16.4. The van der Waals surface area contributed by atoms with Gasteiger partial charge in [-0.25, -0.2) is 0 Å². The molecule has 0 atom stereocenters. The molecule has 0 aliphatic rings. The molecule has 0 aliphatic carbocycles. The molecule has 0 saturated carbocycles. The van der Waals surface area contributed by atoms with Gasteiger partial charge in [-0.15, -0.1) is 0 Å². The number of carbonyl (C=O) groups excluding carboxylic acids is 2. The van der Waals surface area contributed by atoms with E-state index in [0.717, 1.165) is 35.1 Å². The van der Waals surface area contributed by atoms with Crippen LogP contribution in [0.1, 0.15) is 59.7 Å². The molecule has 1 aromatic rings.